The van der Waals surface area contributed by atoms with Crippen LogP contribution in [0.1, 0.15) is 25.1 Å². The third-order valence-electron chi connectivity index (χ3n) is 3.37. The fourth-order valence-corrected chi connectivity index (χ4v) is 2.86. The summed E-state index contributed by atoms with van der Waals surface area (Å²) >= 11 is 1.65. The summed E-state index contributed by atoms with van der Waals surface area (Å²) in [5, 5.41) is 6.85. The number of hydrogen-bond acceptors (Lipinski definition) is 3. The molecular weight excluding hydrogens is 266 g/mol. The summed E-state index contributed by atoms with van der Waals surface area (Å²) < 4.78 is 2.25. The molecule has 1 aromatic carbocycles. The Morgan fingerprint density at radius 2 is 2.20 bits per heavy atom. The van der Waals surface area contributed by atoms with E-state index in [9.17, 15) is 0 Å². The molecule has 3 rings (SSSR count). The predicted molar refractivity (Wildman–Crippen MR) is 85.1 cm³/mol. The summed E-state index contributed by atoms with van der Waals surface area (Å²) in [5.41, 5.74) is 5.61. The van der Waals surface area contributed by atoms with E-state index < -0.39 is 0 Å². The molecule has 0 saturated carbocycles. The first-order valence-corrected chi connectivity index (χ1v) is 7.85. The second kappa shape index (κ2) is 5.77. The van der Waals surface area contributed by atoms with Crippen LogP contribution in [-0.4, -0.2) is 15.6 Å². The minimum absolute atomic E-state index is 0.514. The molecule has 0 fully saturated rings. The summed E-state index contributed by atoms with van der Waals surface area (Å²) in [5.74, 6) is 0. The SMILES string of the molecule is CC(C)NCc1ccc2c(ccn2Cc2cscn2)c1. The first kappa shape index (κ1) is 13.3. The predicted octanol–water partition coefficient (Wildman–Crippen LogP) is 3.64. The number of benzene rings is 1. The molecule has 3 nitrogen and oxygen atoms in total. The Labute approximate surface area is 123 Å². The lowest BCUT2D eigenvalue weighted by Gasteiger charge is -2.09. The number of nitrogens with zero attached hydrogens (tertiary/aromatic N) is 2. The topological polar surface area (TPSA) is 29.9 Å². The van der Waals surface area contributed by atoms with Gasteiger partial charge in [-0.3, -0.25) is 0 Å². The molecule has 104 valence electrons. The van der Waals surface area contributed by atoms with Crippen LogP contribution >= 0.6 is 11.3 Å². The summed E-state index contributed by atoms with van der Waals surface area (Å²) in [4.78, 5) is 4.35. The minimum Gasteiger partial charge on any atom is -0.341 e. The van der Waals surface area contributed by atoms with Crippen LogP contribution in [-0.2, 0) is 13.1 Å². The zero-order chi connectivity index (χ0) is 13.9. The van der Waals surface area contributed by atoms with Gasteiger partial charge in [-0.1, -0.05) is 19.9 Å². The Morgan fingerprint density at radius 3 is 2.95 bits per heavy atom. The highest BCUT2D eigenvalue weighted by Gasteiger charge is 2.04. The van der Waals surface area contributed by atoms with Crippen molar-refractivity contribution in [2.75, 3.05) is 0 Å². The zero-order valence-electron chi connectivity index (χ0n) is 11.8. The first-order valence-electron chi connectivity index (χ1n) is 6.90. The van der Waals surface area contributed by atoms with Gasteiger partial charge in [-0.2, -0.15) is 0 Å². The molecule has 0 aliphatic carbocycles. The van der Waals surface area contributed by atoms with Crippen molar-refractivity contribution in [2.45, 2.75) is 33.0 Å². The Bertz CT molecular complexity index is 683. The zero-order valence-corrected chi connectivity index (χ0v) is 12.7. The number of aromatic nitrogens is 2. The number of fused-ring (bicyclic) bond motifs is 1. The van der Waals surface area contributed by atoms with Gasteiger partial charge in [0.2, 0.25) is 0 Å². The lowest BCUT2D eigenvalue weighted by atomic mass is 10.1. The maximum atomic E-state index is 4.35. The fraction of sp³-hybridized carbons (Fsp3) is 0.312. The minimum atomic E-state index is 0.514. The van der Waals surface area contributed by atoms with E-state index in [4.69, 9.17) is 0 Å². The van der Waals surface area contributed by atoms with Crippen LogP contribution in [0.2, 0.25) is 0 Å². The lowest BCUT2D eigenvalue weighted by molar-refractivity contribution is 0.589. The van der Waals surface area contributed by atoms with E-state index in [1.165, 1.54) is 16.5 Å². The van der Waals surface area contributed by atoms with Gasteiger partial charge in [0.25, 0.3) is 0 Å². The van der Waals surface area contributed by atoms with Crippen LogP contribution in [0.15, 0.2) is 41.4 Å². The van der Waals surface area contributed by atoms with Crippen molar-refractivity contribution < 1.29 is 0 Å². The monoisotopic (exact) mass is 285 g/mol. The number of thiazole rings is 1. The molecule has 2 heterocycles. The molecule has 0 radical (unpaired) electrons. The molecule has 0 saturated heterocycles. The first-order chi connectivity index (χ1) is 9.72. The summed E-state index contributed by atoms with van der Waals surface area (Å²) in [6, 6.07) is 9.37. The molecule has 2 aromatic heterocycles. The van der Waals surface area contributed by atoms with Gasteiger partial charge in [-0.15, -0.1) is 11.3 Å². The van der Waals surface area contributed by atoms with E-state index in [1.54, 1.807) is 11.3 Å². The quantitative estimate of drug-likeness (QED) is 0.775. The molecule has 20 heavy (non-hydrogen) atoms. The smallest absolute Gasteiger partial charge is 0.0795 e. The number of hydrogen-bond donors (Lipinski definition) is 1. The largest absolute Gasteiger partial charge is 0.341 e. The second-order valence-electron chi connectivity index (χ2n) is 5.35. The maximum absolute atomic E-state index is 4.35. The van der Waals surface area contributed by atoms with Gasteiger partial charge in [-0.05, 0) is 29.1 Å². The van der Waals surface area contributed by atoms with E-state index in [2.05, 4.69) is 64.6 Å². The molecule has 1 N–H and O–H groups in total. The van der Waals surface area contributed by atoms with Crippen LogP contribution < -0.4 is 5.32 Å². The Morgan fingerprint density at radius 1 is 1.30 bits per heavy atom. The summed E-state index contributed by atoms with van der Waals surface area (Å²) in [7, 11) is 0. The Kier molecular flexibility index (Phi) is 3.85. The van der Waals surface area contributed by atoms with E-state index in [0.717, 1.165) is 18.8 Å². The van der Waals surface area contributed by atoms with Crippen LogP contribution in [0.4, 0.5) is 0 Å². The van der Waals surface area contributed by atoms with Crippen molar-refractivity contribution in [1.82, 2.24) is 14.9 Å². The van der Waals surface area contributed by atoms with E-state index in [0.29, 0.717) is 6.04 Å². The molecule has 0 bridgehead atoms. The van der Waals surface area contributed by atoms with Gasteiger partial charge in [-0.25, -0.2) is 4.98 Å². The van der Waals surface area contributed by atoms with E-state index in [1.807, 2.05) is 5.51 Å². The highest BCUT2D eigenvalue weighted by atomic mass is 32.1. The Hall–Kier alpha value is -1.65. The van der Waals surface area contributed by atoms with Crippen LogP contribution in [0, 0.1) is 0 Å². The van der Waals surface area contributed by atoms with Gasteiger partial charge >= 0.3 is 0 Å². The van der Waals surface area contributed by atoms with E-state index >= 15 is 0 Å². The molecule has 4 heteroatoms. The lowest BCUT2D eigenvalue weighted by Crippen LogP contribution is -2.21. The van der Waals surface area contributed by atoms with Crippen molar-refractivity contribution >= 4 is 22.2 Å². The molecule has 0 aliphatic heterocycles. The average Bonchev–Trinajstić information content (AvgIpc) is 3.07. The van der Waals surface area contributed by atoms with Crippen molar-refractivity contribution in [3.8, 4) is 0 Å². The molecule has 0 amide bonds. The standard InChI is InChI=1S/C16H19N3S/c1-12(2)17-8-13-3-4-16-14(7-13)5-6-19(16)9-15-10-20-11-18-15/h3-7,10-12,17H,8-9H2,1-2H3. The van der Waals surface area contributed by atoms with Gasteiger partial charge in [0, 0.05) is 29.7 Å². The van der Waals surface area contributed by atoms with Gasteiger partial charge in [0.15, 0.2) is 0 Å². The van der Waals surface area contributed by atoms with E-state index in [-0.39, 0.29) is 0 Å². The van der Waals surface area contributed by atoms with Crippen LogP contribution in [0.25, 0.3) is 10.9 Å². The van der Waals surface area contributed by atoms with Crippen molar-refractivity contribution in [2.24, 2.45) is 0 Å². The number of rotatable bonds is 5. The summed E-state index contributed by atoms with van der Waals surface area (Å²) in [6.07, 6.45) is 2.14. The van der Waals surface area contributed by atoms with Gasteiger partial charge in [0.1, 0.15) is 0 Å². The van der Waals surface area contributed by atoms with Gasteiger partial charge < -0.3 is 9.88 Å². The van der Waals surface area contributed by atoms with Crippen molar-refractivity contribution in [3.63, 3.8) is 0 Å². The molecule has 0 unspecified atom stereocenters. The molecule has 0 atom stereocenters. The van der Waals surface area contributed by atoms with Crippen LogP contribution in [0.3, 0.4) is 0 Å². The fourth-order valence-electron chi connectivity index (χ4n) is 2.31. The summed E-state index contributed by atoms with van der Waals surface area (Å²) in [6.45, 7) is 6.10. The average molecular weight is 285 g/mol. The third-order valence-corrected chi connectivity index (χ3v) is 4.00. The second-order valence-corrected chi connectivity index (χ2v) is 6.07. The highest BCUT2D eigenvalue weighted by molar-refractivity contribution is 7.07. The maximum Gasteiger partial charge on any atom is 0.0795 e. The molecule has 3 aromatic rings. The number of nitrogens with one attached hydrogen (secondary N) is 1. The van der Waals surface area contributed by atoms with Crippen molar-refractivity contribution in [3.05, 3.63) is 52.6 Å². The normalized spacial score (nSPS) is 11.6. The third kappa shape index (κ3) is 2.92. The molecule has 0 spiro atoms. The highest BCUT2D eigenvalue weighted by Crippen LogP contribution is 2.19. The molecule has 0 aliphatic rings. The Balaban J connectivity index is 1.82. The van der Waals surface area contributed by atoms with Gasteiger partial charge in [0.05, 0.1) is 17.7 Å². The van der Waals surface area contributed by atoms with Crippen LogP contribution in [0.5, 0.6) is 0 Å². The molecular formula is C16H19N3S. The van der Waals surface area contributed by atoms with Crippen molar-refractivity contribution in [1.29, 1.82) is 0 Å².